The Bertz CT molecular complexity index is 1150. The number of amides is 1. The Morgan fingerprint density at radius 1 is 0.886 bits per heavy atom. The van der Waals surface area contributed by atoms with Crippen molar-refractivity contribution >= 4 is 11.5 Å². The summed E-state index contributed by atoms with van der Waals surface area (Å²) in [6.07, 6.45) is 8.12. The van der Waals surface area contributed by atoms with Gasteiger partial charge in [-0.2, -0.15) is 0 Å². The Morgan fingerprint density at radius 2 is 1.51 bits per heavy atom. The maximum absolute atomic E-state index is 12.4. The quantitative estimate of drug-likeness (QED) is 0.217. The van der Waals surface area contributed by atoms with E-state index in [0.29, 0.717) is 6.54 Å². The van der Waals surface area contributed by atoms with Gasteiger partial charge >= 0.3 is 0 Å². The fourth-order valence-electron chi connectivity index (χ4n) is 3.98. The zero-order valence-electron chi connectivity index (χ0n) is 21.0. The number of aromatic nitrogens is 1. The number of hydrogen-bond donors (Lipinski definition) is 1. The summed E-state index contributed by atoms with van der Waals surface area (Å²) in [6.45, 7) is 4.69. The van der Waals surface area contributed by atoms with E-state index in [1.807, 2.05) is 74.5 Å². The van der Waals surface area contributed by atoms with E-state index >= 15 is 0 Å². The number of carbonyl (C=O) groups is 1. The number of rotatable bonds is 11. The van der Waals surface area contributed by atoms with Crippen LogP contribution in [0.4, 0.5) is 0 Å². The van der Waals surface area contributed by atoms with E-state index in [0.717, 1.165) is 58.8 Å². The second-order valence-electron chi connectivity index (χ2n) is 8.29. The first-order valence-electron chi connectivity index (χ1n) is 11.9. The number of pyridine rings is 1. The van der Waals surface area contributed by atoms with E-state index in [1.54, 1.807) is 26.4 Å². The Balaban J connectivity index is 1.64. The summed E-state index contributed by atoms with van der Waals surface area (Å²) in [7, 11) is 3.30. The maximum atomic E-state index is 12.4. The molecule has 1 amide bonds. The molecule has 0 aliphatic carbocycles. The lowest BCUT2D eigenvalue weighted by Crippen LogP contribution is -2.22. The molecule has 182 valence electrons. The lowest BCUT2D eigenvalue weighted by Gasteiger charge is -2.15. The molecule has 5 nitrogen and oxygen atoms in total. The van der Waals surface area contributed by atoms with Gasteiger partial charge in [0.25, 0.3) is 0 Å². The number of benzene rings is 2. The summed E-state index contributed by atoms with van der Waals surface area (Å²) in [5.74, 6) is 1.39. The van der Waals surface area contributed by atoms with Crippen LogP contribution in [0.5, 0.6) is 11.5 Å². The molecule has 0 saturated heterocycles. The number of allylic oxidation sites excluding steroid dienone is 2. The van der Waals surface area contributed by atoms with Gasteiger partial charge in [0.15, 0.2) is 0 Å². The van der Waals surface area contributed by atoms with Crippen LogP contribution < -0.4 is 14.8 Å². The second-order valence-corrected chi connectivity index (χ2v) is 8.29. The van der Waals surface area contributed by atoms with E-state index in [1.165, 1.54) is 5.56 Å². The van der Waals surface area contributed by atoms with E-state index in [-0.39, 0.29) is 5.91 Å². The molecule has 35 heavy (non-hydrogen) atoms. The minimum Gasteiger partial charge on any atom is -0.496 e. The number of methoxy groups -OCH3 is 2. The summed E-state index contributed by atoms with van der Waals surface area (Å²) >= 11 is 0. The number of unbranched alkanes of at least 4 members (excludes halogenated alkanes) is 1. The number of ether oxygens (including phenoxy) is 2. The molecule has 3 rings (SSSR count). The minimum atomic E-state index is -0.117. The van der Waals surface area contributed by atoms with Crippen molar-refractivity contribution in [1.29, 1.82) is 0 Å². The van der Waals surface area contributed by atoms with Crippen LogP contribution in [0.3, 0.4) is 0 Å². The molecule has 0 atom stereocenters. The highest BCUT2D eigenvalue weighted by Gasteiger charge is 2.13. The molecular weight excluding hydrogens is 436 g/mol. The molecule has 0 spiro atoms. The molecule has 0 radical (unpaired) electrons. The fourth-order valence-corrected chi connectivity index (χ4v) is 3.98. The highest BCUT2D eigenvalue weighted by molar-refractivity contribution is 5.90. The van der Waals surface area contributed by atoms with E-state index in [9.17, 15) is 4.79 Å². The molecule has 0 fully saturated rings. The fraction of sp³-hybridized carbons (Fsp3) is 0.267. The van der Waals surface area contributed by atoms with Crippen LogP contribution in [0.1, 0.15) is 40.9 Å². The molecule has 2 aromatic carbocycles. The summed E-state index contributed by atoms with van der Waals surface area (Å²) in [6, 6.07) is 19.8. The van der Waals surface area contributed by atoms with Crippen molar-refractivity contribution in [2.24, 2.45) is 0 Å². The standard InChI is InChI=1S/C30H34N2O3/c1-22-19-20-24(23(2)32-22)12-9-10-21-31-30(33)18-11-15-25(26-13-5-7-16-28(26)34-3)27-14-6-8-17-29(27)35-4/h5-8,11,13-20H,9-10,12,21H2,1-4H3,(H,31,33)/b18-11+. The smallest absolute Gasteiger partial charge is 0.243 e. The number of aryl methyl sites for hydroxylation is 3. The largest absolute Gasteiger partial charge is 0.496 e. The number of hydrogen-bond acceptors (Lipinski definition) is 4. The van der Waals surface area contributed by atoms with Crippen molar-refractivity contribution < 1.29 is 14.3 Å². The number of nitrogens with zero attached hydrogens (tertiary/aromatic N) is 1. The van der Waals surface area contributed by atoms with E-state index in [4.69, 9.17) is 9.47 Å². The van der Waals surface area contributed by atoms with Gasteiger partial charge in [0.2, 0.25) is 5.91 Å². The average Bonchev–Trinajstić information content (AvgIpc) is 2.87. The Morgan fingerprint density at radius 3 is 2.11 bits per heavy atom. The zero-order chi connectivity index (χ0) is 25.0. The van der Waals surface area contributed by atoms with Gasteiger partial charge in [0.1, 0.15) is 11.5 Å². The van der Waals surface area contributed by atoms with Gasteiger partial charge in [0, 0.05) is 35.1 Å². The lowest BCUT2D eigenvalue weighted by atomic mass is 9.95. The van der Waals surface area contributed by atoms with Crippen molar-refractivity contribution in [3.8, 4) is 11.5 Å². The Kier molecular flexibility index (Phi) is 9.67. The van der Waals surface area contributed by atoms with Crippen LogP contribution in [-0.4, -0.2) is 31.7 Å². The van der Waals surface area contributed by atoms with Crippen molar-refractivity contribution in [3.63, 3.8) is 0 Å². The number of carbonyl (C=O) groups excluding carboxylic acids is 1. The highest BCUT2D eigenvalue weighted by Crippen LogP contribution is 2.35. The summed E-state index contributed by atoms with van der Waals surface area (Å²) in [5, 5.41) is 2.97. The van der Waals surface area contributed by atoms with Crippen LogP contribution in [0, 0.1) is 13.8 Å². The van der Waals surface area contributed by atoms with Gasteiger partial charge < -0.3 is 14.8 Å². The lowest BCUT2D eigenvalue weighted by molar-refractivity contribution is -0.116. The van der Waals surface area contributed by atoms with Gasteiger partial charge in [-0.25, -0.2) is 0 Å². The first kappa shape index (κ1) is 25.8. The monoisotopic (exact) mass is 470 g/mol. The van der Waals surface area contributed by atoms with Crippen LogP contribution in [0.15, 0.2) is 78.9 Å². The summed E-state index contributed by atoms with van der Waals surface area (Å²) in [4.78, 5) is 16.9. The van der Waals surface area contributed by atoms with Gasteiger partial charge in [0.05, 0.1) is 14.2 Å². The third kappa shape index (κ3) is 7.31. The van der Waals surface area contributed by atoms with E-state index in [2.05, 4.69) is 16.4 Å². The van der Waals surface area contributed by atoms with Crippen molar-refractivity contribution in [2.45, 2.75) is 33.1 Å². The average molecular weight is 471 g/mol. The van der Waals surface area contributed by atoms with Crippen LogP contribution in [-0.2, 0) is 11.2 Å². The number of nitrogens with one attached hydrogen (secondary N) is 1. The molecule has 5 heteroatoms. The first-order chi connectivity index (χ1) is 17.0. The molecule has 3 aromatic rings. The highest BCUT2D eigenvalue weighted by atomic mass is 16.5. The first-order valence-corrected chi connectivity index (χ1v) is 11.9. The van der Waals surface area contributed by atoms with Gasteiger partial charge in [-0.05, 0) is 62.4 Å². The summed E-state index contributed by atoms with van der Waals surface area (Å²) < 4.78 is 11.2. The van der Waals surface area contributed by atoms with Crippen LogP contribution in [0.2, 0.25) is 0 Å². The minimum absolute atomic E-state index is 0.117. The maximum Gasteiger partial charge on any atom is 0.243 e. The summed E-state index contributed by atoms with van der Waals surface area (Å²) in [5.41, 5.74) is 6.15. The molecule has 1 aromatic heterocycles. The molecule has 0 aliphatic rings. The van der Waals surface area contributed by atoms with Crippen molar-refractivity contribution in [1.82, 2.24) is 10.3 Å². The van der Waals surface area contributed by atoms with Crippen molar-refractivity contribution in [3.05, 3.63) is 107 Å². The predicted octanol–water partition coefficient (Wildman–Crippen LogP) is 5.84. The molecule has 1 heterocycles. The Hall–Kier alpha value is -3.86. The third-order valence-corrected chi connectivity index (χ3v) is 5.81. The van der Waals surface area contributed by atoms with Crippen LogP contribution >= 0.6 is 0 Å². The topological polar surface area (TPSA) is 60.5 Å². The second kappa shape index (κ2) is 13.1. The predicted molar refractivity (Wildman–Crippen MR) is 142 cm³/mol. The molecule has 0 saturated carbocycles. The van der Waals surface area contributed by atoms with Gasteiger partial charge in [-0.15, -0.1) is 0 Å². The van der Waals surface area contributed by atoms with Crippen LogP contribution in [0.25, 0.3) is 5.57 Å². The molecule has 1 N–H and O–H groups in total. The molecule has 0 aliphatic heterocycles. The van der Waals surface area contributed by atoms with Crippen molar-refractivity contribution in [2.75, 3.05) is 20.8 Å². The third-order valence-electron chi connectivity index (χ3n) is 5.81. The zero-order valence-corrected chi connectivity index (χ0v) is 21.0. The Labute approximate surface area is 208 Å². The van der Waals surface area contributed by atoms with Gasteiger partial charge in [-0.1, -0.05) is 54.6 Å². The SMILES string of the molecule is COc1ccccc1C(=C/C=C/C(=O)NCCCCc1ccc(C)nc1C)c1ccccc1OC. The normalized spacial score (nSPS) is 10.7. The molecule has 0 unspecified atom stereocenters. The number of para-hydroxylation sites is 2. The molecule has 0 bridgehead atoms. The van der Waals surface area contributed by atoms with E-state index < -0.39 is 0 Å². The van der Waals surface area contributed by atoms with Gasteiger partial charge in [-0.3, -0.25) is 9.78 Å². The molecular formula is C30H34N2O3.